The van der Waals surface area contributed by atoms with Crippen LogP contribution in [0.2, 0.25) is 0 Å². The van der Waals surface area contributed by atoms with Crippen molar-refractivity contribution in [1.29, 1.82) is 5.26 Å². The normalized spacial score (nSPS) is 19.2. The van der Waals surface area contributed by atoms with Crippen molar-refractivity contribution in [3.05, 3.63) is 36.7 Å². The summed E-state index contributed by atoms with van der Waals surface area (Å²) < 4.78 is 1.63. The molecule has 3 rings (SSSR count). The van der Waals surface area contributed by atoms with Crippen molar-refractivity contribution in [2.75, 3.05) is 19.7 Å². The zero-order valence-corrected chi connectivity index (χ0v) is 12.8. The predicted molar refractivity (Wildman–Crippen MR) is 81.3 cm³/mol. The van der Waals surface area contributed by atoms with Crippen LogP contribution >= 0.6 is 0 Å². The maximum atomic E-state index is 12.1. The third kappa shape index (κ3) is 2.87. The van der Waals surface area contributed by atoms with Crippen molar-refractivity contribution in [1.82, 2.24) is 19.7 Å². The van der Waals surface area contributed by atoms with Gasteiger partial charge in [0.15, 0.2) is 5.69 Å². The highest BCUT2D eigenvalue weighted by Crippen LogP contribution is 2.26. The van der Waals surface area contributed by atoms with Gasteiger partial charge in [-0.2, -0.15) is 15.4 Å². The Balaban J connectivity index is 0.000000847. The van der Waals surface area contributed by atoms with Crippen LogP contribution < -0.4 is 0 Å². The van der Waals surface area contributed by atoms with E-state index in [2.05, 4.69) is 11.7 Å². The molecular formula is C15H19N5O2. The van der Waals surface area contributed by atoms with E-state index in [1.165, 1.54) is 5.06 Å². The summed E-state index contributed by atoms with van der Waals surface area (Å²) in [5.41, 5.74) is 1.21. The quantitative estimate of drug-likeness (QED) is 0.796. The maximum absolute atomic E-state index is 12.1. The van der Waals surface area contributed by atoms with Crippen LogP contribution in [0.15, 0.2) is 31.0 Å². The van der Waals surface area contributed by atoms with Crippen molar-refractivity contribution < 1.29 is 9.63 Å². The third-order valence-electron chi connectivity index (χ3n) is 3.23. The van der Waals surface area contributed by atoms with E-state index >= 15 is 0 Å². The van der Waals surface area contributed by atoms with Gasteiger partial charge in [-0.3, -0.25) is 4.84 Å². The lowest BCUT2D eigenvalue weighted by molar-refractivity contribution is -0.107. The highest BCUT2D eigenvalue weighted by Gasteiger charge is 2.41. The van der Waals surface area contributed by atoms with Crippen LogP contribution in [0.5, 0.6) is 0 Å². The van der Waals surface area contributed by atoms with E-state index in [0.29, 0.717) is 25.4 Å². The number of hydrogen-bond donors (Lipinski definition) is 0. The first-order valence-corrected chi connectivity index (χ1v) is 7.21. The van der Waals surface area contributed by atoms with E-state index in [1.807, 2.05) is 26.0 Å². The number of nitrogens with zero attached hydrogens (tertiary/aromatic N) is 5. The third-order valence-corrected chi connectivity index (χ3v) is 3.23. The zero-order chi connectivity index (χ0) is 16.1. The van der Waals surface area contributed by atoms with Crippen LogP contribution in [0.25, 0.3) is 5.70 Å². The Labute approximate surface area is 129 Å². The molecule has 0 saturated carbocycles. The Morgan fingerprint density at radius 3 is 3.00 bits per heavy atom. The maximum Gasteiger partial charge on any atom is 0.345 e. The smallest absolute Gasteiger partial charge is 0.314 e. The molecule has 116 valence electrons. The average Bonchev–Trinajstić information content (AvgIpc) is 3.12. The van der Waals surface area contributed by atoms with Crippen molar-refractivity contribution in [2.24, 2.45) is 0 Å². The number of aromatic nitrogens is 2. The second kappa shape index (κ2) is 6.91. The van der Waals surface area contributed by atoms with E-state index < -0.39 is 0 Å². The lowest BCUT2D eigenvalue weighted by atomic mass is 10.2. The fourth-order valence-corrected chi connectivity index (χ4v) is 2.36. The number of hydroxylamine groups is 2. The van der Waals surface area contributed by atoms with Gasteiger partial charge in [-0.15, -0.1) is 6.58 Å². The number of rotatable bonds is 4. The number of fused-ring (bicyclic) bond motifs is 2. The summed E-state index contributed by atoms with van der Waals surface area (Å²) in [7, 11) is 0. The van der Waals surface area contributed by atoms with E-state index in [0.717, 1.165) is 5.70 Å². The molecule has 7 nitrogen and oxygen atoms in total. The summed E-state index contributed by atoms with van der Waals surface area (Å²) in [6.07, 6.45) is 5.26. The molecule has 0 N–H and O–H groups in total. The minimum Gasteiger partial charge on any atom is -0.314 e. The summed E-state index contributed by atoms with van der Waals surface area (Å²) >= 11 is 0. The topological polar surface area (TPSA) is 74.4 Å². The molecule has 1 fully saturated rings. The molecule has 0 spiro atoms. The van der Waals surface area contributed by atoms with Gasteiger partial charge in [-0.1, -0.05) is 19.9 Å². The summed E-state index contributed by atoms with van der Waals surface area (Å²) in [5, 5.41) is 14.3. The van der Waals surface area contributed by atoms with Crippen LogP contribution in [0.1, 0.15) is 19.5 Å². The second-order valence-electron chi connectivity index (χ2n) is 4.56. The molecule has 7 heteroatoms. The summed E-state index contributed by atoms with van der Waals surface area (Å²) in [6, 6.07) is 3.33. The molecule has 22 heavy (non-hydrogen) atoms. The van der Waals surface area contributed by atoms with Gasteiger partial charge in [-0.25, -0.2) is 9.48 Å². The zero-order valence-electron chi connectivity index (χ0n) is 12.8. The number of hydrogen-bond acceptors (Lipinski definition) is 4. The van der Waals surface area contributed by atoms with Crippen LogP contribution in [0.4, 0.5) is 4.79 Å². The second-order valence-corrected chi connectivity index (χ2v) is 4.56. The van der Waals surface area contributed by atoms with Gasteiger partial charge in [-0.05, 0) is 12.1 Å². The SMILES string of the molecule is C=CCON1C(=O)N2CC(n3ccc(C#N)n3)=CC1C2.CC. The summed E-state index contributed by atoms with van der Waals surface area (Å²) in [4.78, 5) is 19.2. The molecular weight excluding hydrogens is 282 g/mol. The van der Waals surface area contributed by atoms with Gasteiger partial charge in [0, 0.05) is 12.7 Å². The molecule has 0 aliphatic carbocycles. The summed E-state index contributed by atoms with van der Waals surface area (Å²) in [6.45, 7) is 8.92. The van der Waals surface area contributed by atoms with Gasteiger partial charge in [0.1, 0.15) is 6.07 Å². The lowest BCUT2D eigenvalue weighted by Crippen LogP contribution is -2.33. The largest absolute Gasteiger partial charge is 0.345 e. The van der Waals surface area contributed by atoms with Gasteiger partial charge in [0.05, 0.1) is 24.9 Å². The highest BCUT2D eigenvalue weighted by atomic mass is 16.7. The first kappa shape index (κ1) is 15.8. The Bertz CT molecular complexity index is 628. The minimum atomic E-state index is -0.157. The van der Waals surface area contributed by atoms with Crippen molar-refractivity contribution >= 4 is 11.7 Å². The fraction of sp³-hybridized carbons (Fsp3) is 0.400. The molecule has 2 bridgehead atoms. The molecule has 3 heterocycles. The molecule has 1 atom stereocenters. The van der Waals surface area contributed by atoms with E-state index in [-0.39, 0.29) is 12.1 Å². The molecule has 2 aliphatic rings. The molecule has 2 amide bonds. The van der Waals surface area contributed by atoms with Crippen molar-refractivity contribution in [3.63, 3.8) is 0 Å². The Hall–Kier alpha value is -2.59. The minimum absolute atomic E-state index is 0.138. The monoisotopic (exact) mass is 301 g/mol. The van der Waals surface area contributed by atoms with Crippen LogP contribution in [-0.4, -0.2) is 51.5 Å². The molecule has 0 radical (unpaired) electrons. The lowest BCUT2D eigenvalue weighted by Gasteiger charge is -2.21. The number of urea groups is 1. The van der Waals surface area contributed by atoms with Gasteiger partial charge in [0.2, 0.25) is 0 Å². The summed E-state index contributed by atoms with van der Waals surface area (Å²) in [5.74, 6) is 0. The predicted octanol–water partition coefficient (Wildman–Crippen LogP) is 1.86. The number of carbonyl (C=O) groups excluding carboxylic acids is 1. The number of nitriles is 1. The van der Waals surface area contributed by atoms with E-state index in [4.69, 9.17) is 10.1 Å². The van der Waals surface area contributed by atoms with E-state index in [9.17, 15) is 4.79 Å². The Morgan fingerprint density at radius 1 is 1.59 bits per heavy atom. The van der Waals surface area contributed by atoms with Gasteiger partial charge < -0.3 is 4.90 Å². The Kier molecular flexibility index (Phi) is 4.96. The molecule has 1 aromatic heterocycles. The average molecular weight is 301 g/mol. The number of carbonyl (C=O) groups is 1. The standard InChI is InChI=1S/C13H13N5O2.C2H6/c1-2-5-20-18-12-6-11(8-16(9-12)13(18)19)17-4-3-10(7-14)15-17;1-2/h2-4,6,12H,1,5,8-9H2;1-2H3. The Morgan fingerprint density at radius 2 is 2.36 bits per heavy atom. The molecule has 2 aliphatic heterocycles. The highest BCUT2D eigenvalue weighted by molar-refractivity contribution is 5.80. The van der Waals surface area contributed by atoms with Gasteiger partial charge >= 0.3 is 6.03 Å². The first-order valence-electron chi connectivity index (χ1n) is 7.21. The van der Waals surface area contributed by atoms with Crippen LogP contribution in [0, 0.1) is 11.3 Å². The molecule has 1 unspecified atom stereocenters. The molecule has 1 aromatic rings. The molecule has 1 saturated heterocycles. The number of amides is 2. The van der Waals surface area contributed by atoms with Crippen molar-refractivity contribution in [2.45, 2.75) is 19.9 Å². The first-order chi connectivity index (χ1) is 10.7. The fourth-order valence-electron chi connectivity index (χ4n) is 2.36. The van der Waals surface area contributed by atoms with Crippen molar-refractivity contribution in [3.8, 4) is 6.07 Å². The van der Waals surface area contributed by atoms with Crippen LogP contribution in [0.3, 0.4) is 0 Å². The molecule has 0 aromatic carbocycles. The van der Waals surface area contributed by atoms with E-state index in [1.54, 1.807) is 27.9 Å². The van der Waals surface area contributed by atoms with Gasteiger partial charge in [0.25, 0.3) is 0 Å². The van der Waals surface area contributed by atoms with Crippen LogP contribution in [-0.2, 0) is 4.84 Å².